The summed E-state index contributed by atoms with van der Waals surface area (Å²) in [5, 5.41) is 6.36. The Morgan fingerprint density at radius 1 is 0.825 bits per heavy atom. The number of imide groups is 2. The first kappa shape index (κ1) is 43.4. The van der Waals surface area contributed by atoms with Crippen molar-refractivity contribution < 1.29 is 33.5 Å². The number of fused-ring (bicyclic) bond motifs is 1. The lowest BCUT2D eigenvalue weighted by atomic mass is 9.86. The fourth-order valence-electron chi connectivity index (χ4n) is 8.55. The Bertz CT molecular complexity index is 2530. The van der Waals surface area contributed by atoms with Gasteiger partial charge >= 0.3 is 6.03 Å². The molecule has 0 spiro atoms. The minimum atomic E-state index is -1.11. The topological polar surface area (TPSA) is 161 Å². The number of hydrogen-bond donors (Lipinski definition) is 2. The molecule has 4 aromatic carbocycles. The van der Waals surface area contributed by atoms with Gasteiger partial charge in [0.05, 0.1) is 35.9 Å². The maximum atomic E-state index is 15.2. The molecule has 0 saturated carbocycles. The van der Waals surface area contributed by atoms with Gasteiger partial charge in [0.25, 0.3) is 11.8 Å². The molecule has 1 unspecified atom stereocenters. The second-order valence-electron chi connectivity index (χ2n) is 16.9. The lowest BCUT2D eigenvalue weighted by Gasteiger charge is -2.39. The van der Waals surface area contributed by atoms with Crippen molar-refractivity contribution in [3.8, 4) is 5.75 Å². The number of hydrogen-bond acceptors (Lipinski definition) is 9. The van der Waals surface area contributed by atoms with Gasteiger partial charge in [-0.25, -0.2) is 4.79 Å². The molecule has 326 valence electrons. The van der Waals surface area contributed by atoms with Gasteiger partial charge < -0.3 is 19.9 Å². The zero-order valence-electron chi connectivity index (χ0n) is 35.3. The molecule has 0 aliphatic carbocycles. The second-order valence-corrected chi connectivity index (χ2v) is 17.8. The summed E-state index contributed by atoms with van der Waals surface area (Å²) in [4.78, 5) is 91.5. The number of piperazine rings is 1. The summed E-state index contributed by atoms with van der Waals surface area (Å²) in [7, 11) is 0. The molecule has 16 heteroatoms. The van der Waals surface area contributed by atoms with Gasteiger partial charge in [-0.3, -0.25) is 44.1 Å². The fourth-order valence-corrected chi connectivity index (χ4v) is 8.80. The molecule has 0 radical (unpaired) electrons. The van der Waals surface area contributed by atoms with Crippen molar-refractivity contribution in [1.82, 2.24) is 24.9 Å². The lowest BCUT2D eigenvalue weighted by Crippen LogP contribution is -2.55. The highest BCUT2D eigenvalue weighted by Crippen LogP contribution is 2.46. The minimum Gasteiger partial charge on any atom is -0.493 e. The van der Waals surface area contributed by atoms with Gasteiger partial charge in [-0.05, 0) is 84.0 Å². The van der Waals surface area contributed by atoms with Gasteiger partial charge in [0.1, 0.15) is 23.7 Å². The van der Waals surface area contributed by atoms with Crippen LogP contribution in [-0.2, 0) is 19.8 Å². The molecule has 2 fully saturated rings. The van der Waals surface area contributed by atoms with Crippen molar-refractivity contribution in [2.45, 2.75) is 64.1 Å². The summed E-state index contributed by atoms with van der Waals surface area (Å²) < 4.78 is 6.26. The number of carbonyl (C=O) groups excluding carboxylic acids is 6. The largest absolute Gasteiger partial charge is 0.493 e. The number of halogens is 2. The highest BCUT2D eigenvalue weighted by atomic mass is 35.5. The molecule has 8 rings (SSSR count). The molecule has 0 bridgehead atoms. The smallest absolute Gasteiger partial charge is 0.326 e. The molecule has 2 saturated heterocycles. The van der Waals surface area contributed by atoms with E-state index in [1.54, 1.807) is 39.0 Å². The Morgan fingerprint density at radius 2 is 1.48 bits per heavy atom. The highest BCUT2D eigenvalue weighted by molar-refractivity contribution is 6.31. The number of amides is 7. The van der Waals surface area contributed by atoms with Crippen molar-refractivity contribution in [2.24, 2.45) is 4.99 Å². The van der Waals surface area contributed by atoms with E-state index in [2.05, 4.69) is 31.4 Å². The monoisotopic (exact) mass is 891 g/mol. The quantitative estimate of drug-likeness (QED) is 0.170. The summed E-state index contributed by atoms with van der Waals surface area (Å²) in [6, 6.07) is 23.1. The first-order valence-corrected chi connectivity index (χ1v) is 21.7. The molecule has 63 heavy (non-hydrogen) atoms. The summed E-state index contributed by atoms with van der Waals surface area (Å²) in [5.74, 6) is -1.70. The standard InChI is InChI=1S/C47H47Cl2N7O7/c1-5-63-36-25-29(47(2,3)4)13-18-32(36)42-52-40(27-9-14-30(48)15-10-27)41(28-11-16-31(49)17-12-28)56(42)46(62)54-23-21-53(22-24-54)38(58)26-50-34-8-6-7-33-39(34)45(61)55(44(33)60)35-19-20-37(57)51-43(35)59/h6-18,25,35,40-41,50H,5,19-24,26H2,1-4H3,(H,51,57,59)/t35?,40-,41+/m0/s1. The average molecular weight is 893 g/mol. The van der Waals surface area contributed by atoms with E-state index < -0.39 is 41.8 Å². The molecular weight excluding hydrogens is 845 g/mol. The van der Waals surface area contributed by atoms with E-state index in [-0.39, 0.29) is 79.7 Å². The lowest BCUT2D eigenvalue weighted by molar-refractivity contribution is -0.136. The number of anilines is 1. The van der Waals surface area contributed by atoms with Crippen LogP contribution < -0.4 is 15.4 Å². The van der Waals surface area contributed by atoms with Crippen molar-refractivity contribution in [2.75, 3.05) is 44.6 Å². The average Bonchev–Trinajstić information content (AvgIpc) is 3.78. The molecule has 4 heterocycles. The zero-order valence-corrected chi connectivity index (χ0v) is 36.8. The molecule has 7 amide bonds. The third-order valence-electron chi connectivity index (χ3n) is 11.9. The van der Waals surface area contributed by atoms with E-state index in [1.807, 2.05) is 61.5 Å². The Balaban J connectivity index is 1.03. The molecule has 14 nitrogen and oxygen atoms in total. The van der Waals surface area contributed by atoms with Crippen LogP contribution in [0.4, 0.5) is 10.5 Å². The van der Waals surface area contributed by atoms with E-state index in [1.165, 1.54) is 6.07 Å². The van der Waals surface area contributed by atoms with Gasteiger partial charge in [-0.15, -0.1) is 0 Å². The van der Waals surface area contributed by atoms with Crippen LogP contribution in [0, 0.1) is 0 Å². The number of nitrogens with one attached hydrogen (secondary N) is 2. The molecule has 4 aliphatic heterocycles. The molecule has 4 aromatic rings. The minimum absolute atomic E-state index is 0.00220. The van der Waals surface area contributed by atoms with Gasteiger partial charge in [-0.2, -0.15) is 0 Å². The van der Waals surface area contributed by atoms with Crippen LogP contribution >= 0.6 is 23.2 Å². The highest BCUT2D eigenvalue weighted by Gasteiger charge is 2.47. The van der Waals surface area contributed by atoms with Crippen LogP contribution in [-0.4, -0.2) is 106 Å². The third-order valence-corrected chi connectivity index (χ3v) is 12.4. The summed E-state index contributed by atoms with van der Waals surface area (Å²) in [6.45, 7) is 9.42. The van der Waals surface area contributed by atoms with E-state index in [4.69, 9.17) is 32.9 Å². The van der Waals surface area contributed by atoms with Crippen molar-refractivity contribution in [1.29, 1.82) is 0 Å². The number of urea groups is 1. The summed E-state index contributed by atoms with van der Waals surface area (Å²) in [6.07, 6.45) is 0.0313. The van der Waals surface area contributed by atoms with Gasteiger partial charge in [-0.1, -0.05) is 80.4 Å². The van der Waals surface area contributed by atoms with Crippen LogP contribution in [0.1, 0.15) is 95.6 Å². The van der Waals surface area contributed by atoms with Crippen molar-refractivity contribution >= 4 is 70.3 Å². The normalized spacial score (nSPS) is 20.2. The van der Waals surface area contributed by atoms with Crippen LogP contribution in [0.15, 0.2) is 89.9 Å². The Hall–Kier alpha value is -6.25. The number of piperidine rings is 1. The fraction of sp³-hybridized carbons (Fsp3) is 0.340. The SMILES string of the molecule is CCOc1cc(C(C)(C)C)ccc1C1=N[C@@H](c2ccc(Cl)cc2)[C@@H](c2ccc(Cl)cc2)N1C(=O)N1CCN(C(=O)CNc2cccc3c2C(=O)N(C2CCC(=O)NC2=O)C3=O)CC1. The number of ether oxygens (including phenoxy) is 1. The first-order valence-electron chi connectivity index (χ1n) is 21.0. The zero-order chi connectivity index (χ0) is 44.7. The van der Waals surface area contributed by atoms with Crippen LogP contribution in [0.3, 0.4) is 0 Å². The van der Waals surface area contributed by atoms with Crippen LogP contribution in [0.2, 0.25) is 10.0 Å². The Labute approximate surface area is 375 Å². The predicted octanol–water partition coefficient (Wildman–Crippen LogP) is 7.01. The van der Waals surface area contributed by atoms with E-state index >= 15 is 4.79 Å². The number of amidine groups is 1. The number of rotatable bonds is 9. The molecule has 3 atom stereocenters. The Kier molecular flexibility index (Phi) is 12.0. The summed E-state index contributed by atoms with van der Waals surface area (Å²) >= 11 is 12.7. The van der Waals surface area contributed by atoms with Crippen LogP contribution in [0.25, 0.3) is 0 Å². The van der Waals surface area contributed by atoms with Crippen molar-refractivity contribution in [3.63, 3.8) is 0 Å². The molecule has 2 N–H and O–H groups in total. The predicted molar refractivity (Wildman–Crippen MR) is 238 cm³/mol. The molecule has 0 aromatic heterocycles. The number of aliphatic imine (C=N–C) groups is 1. The first-order chi connectivity index (χ1) is 30.1. The van der Waals surface area contributed by atoms with E-state index in [0.29, 0.717) is 33.8 Å². The van der Waals surface area contributed by atoms with E-state index in [9.17, 15) is 24.0 Å². The maximum Gasteiger partial charge on any atom is 0.326 e. The summed E-state index contributed by atoms with van der Waals surface area (Å²) in [5.41, 5.74) is 3.69. The van der Waals surface area contributed by atoms with Gasteiger partial charge in [0.2, 0.25) is 17.7 Å². The second kappa shape index (κ2) is 17.5. The maximum absolute atomic E-state index is 15.2. The molecular formula is C47H47Cl2N7O7. The van der Waals surface area contributed by atoms with Gasteiger partial charge in [0, 0.05) is 48.3 Å². The van der Waals surface area contributed by atoms with Crippen LogP contribution in [0.5, 0.6) is 5.75 Å². The van der Waals surface area contributed by atoms with Crippen molar-refractivity contribution in [3.05, 3.63) is 128 Å². The van der Waals surface area contributed by atoms with E-state index in [0.717, 1.165) is 21.6 Å². The third kappa shape index (κ3) is 8.49. The molecule has 4 aliphatic rings. The number of nitrogens with zero attached hydrogens (tertiary/aromatic N) is 5. The number of benzene rings is 4. The Morgan fingerprint density at radius 3 is 2.11 bits per heavy atom. The number of carbonyl (C=O) groups is 6. The van der Waals surface area contributed by atoms with Gasteiger partial charge in [0.15, 0.2) is 0 Å².